The number of nitrogens with zero attached hydrogens (tertiary/aromatic N) is 1. The van der Waals surface area contributed by atoms with Gasteiger partial charge in [-0.3, -0.25) is 4.98 Å². The first-order valence-electron chi connectivity index (χ1n) is 9.74. The molecule has 0 saturated carbocycles. The summed E-state index contributed by atoms with van der Waals surface area (Å²) in [6, 6.07) is 24.5. The highest BCUT2D eigenvalue weighted by atomic mass is 79.9. The summed E-state index contributed by atoms with van der Waals surface area (Å²) >= 11 is 3.83. The SMILES string of the molecule is CC(CS(C)(=O)=O)c1cc(-c2cccc(-c3ccccc3)c2Br)c2ncccc2c1. The molecule has 0 saturated heterocycles. The first-order chi connectivity index (χ1) is 14.3. The largest absolute Gasteiger partial charge is 0.256 e. The zero-order valence-electron chi connectivity index (χ0n) is 16.8. The molecule has 0 spiro atoms. The van der Waals surface area contributed by atoms with Crippen molar-refractivity contribution in [1.82, 2.24) is 4.98 Å². The van der Waals surface area contributed by atoms with Gasteiger partial charge in [0.25, 0.3) is 0 Å². The summed E-state index contributed by atoms with van der Waals surface area (Å²) < 4.78 is 24.7. The quantitative estimate of drug-likeness (QED) is 0.329. The third kappa shape index (κ3) is 4.32. The van der Waals surface area contributed by atoms with Crippen LogP contribution < -0.4 is 0 Å². The molecule has 3 nitrogen and oxygen atoms in total. The van der Waals surface area contributed by atoms with Gasteiger partial charge in [0.1, 0.15) is 9.84 Å². The molecule has 0 aliphatic carbocycles. The summed E-state index contributed by atoms with van der Waals surface area (Å²) in [5, 5.41) is 1.00. The van der Waals surface area contributed by atoms with Gasteiger partial charge in [-0.2, -0.15) is 0 Å². The summed E-state index contributed by atoms with van der Waals surface area (Å²) in [6.45, 7) is 1.96. The Morgan fingerprint density at radius 1 is 0.900 bits per heavy atom. The Morgan fingerprint density at radius 2 is 1.63 bits per heavy atom. The first-order valence-corrected chi connectivity index (χ1v) is 12.6. The van der Waals surface area contributed by atoms with Crippen LogP contribution in [0.1, 0.15) is 18.4 Å². The van der Waals surface area contributed by atoms with Crippen LogP contribution in [0.2, 0.25) is 0 Å². The molecule has 5 heteroatoms. The molecule has 1 aromatic heterocycles. The standard InChI is InChI=1S/C25H22BrNO2S/c1-17(16-30(2,28)29)20-14-19-10-7-13-27-25(19)23(15-20)22-12-6-11-21(24(22)26)18-8-4-3-5-9-18/h3-15,17H,16H2,1-2H3. The summed E-state index contributed by atoms with van der Waals surface area (Å²) in [4.78, 5) is 4.64. The zero-order valence-corrected chi connectivity index (χ0v) is 19.2. The second-order valence-corrected chi connectivity index (χ2v) is 10.6. The lowest BCUT2D eigenvalue weighted by Gasteiger charge is -2.17. The third-order valence-corrected chi connectivity index (χ3v) is 7.18. The second-order valence-electron chi connectivity index (χ2n) is 7.67. The lowest BCUT2D eigenvalue weighted by atomic mass is 9.92. The van der Waals surface area contributed by atoms with Crippen molar-refractivity contribution >= 4 is 36.7 Å². The number of hydrogen-bond acceptors (Lipinski definition) is 3. The van der Waals surface area contributed by atoms with Crippen molar-refractivity contribution in [3.05, 3.63) is 89.0 Å². The third-order valence-electron chi connectivity index (χ3n) is 5.22. The van der Waals surface area contributed by atoms with Gasteiger partial charge in [0, 0.05) is 27.9 Å². The Balaban J connectivity index is 1.93. The molecule has 3 aromatic carbocycles. The van der Waals surface area contributed by atoms with E-state index in [-0.39, 0.29) is 11.7 Å². The minimum atomic E-state index is -3.08. The van der Waals surface area contributed by atoms with Crippen molar-refractivity contribution in [3.8, 4) is 22.3 Å². The van der Waals surface area contributed by atoms with Crippen LogP contribution in [-0.4, -0.2) is 25.4 Å². The fourth-order valence-electron chi connectivity index (χ4n) is 3.84. The number of aromatic nitrogens is 1. The second kappa shape index (κ2) is 8.32. The van der Waals surface area contributed by atoms with Gasteiger partial charge in [-0.1, -0.05) is 61.5 Å². The van der Waals surface area contributed by atoms with E-state index in [9.17, 15) is 8.42 Å². The van der Waals surface area contributed by atoms with Crippen LogP contribution in [0.15, 0.2) is 83.5 Å². The minimum Gasteiger partial charge on any atom is -0.256 e. The average molecular weight is 480 g/mol. The molecule has 1 atom stereocenters. The molecule has 1 heterocycles. The highest BCUT2D eigenvalue weighted by Crippen LogP contribution is 2.40. The van der Waals surface area contributed by atoms with Gasteiger partial charge >= 0.3 is 0 Å². The summed E-state index contributed by atoms with van der Waals surface area (Å²) in [7, 11) is -3.08. The molecule has 0 radical (unpaired) electrons. The number of pyridine rings is 1. The molecule has 0 N–H and O–H groups in total. The van der Waals surface area contributed by atoms with Crippen molar-refractivity contribution in [3.63, 3.8) is 0 Å². The Hall–Kier alpha value is -2.50. The molecule has 0 aliphatic heterocycles. The molecule has 0 fully saturated rings. The van der Waals surface area contributed by atoms with Crippen molar-refractivity contribution in [2.45, 2.75) is 12.8 Å². The van der Waals surface area contributed by atoms with Crippen LogP contribution in [0.4, 0.5) is 0 Å². The predicted octanol–water partition coefficient (Wildman–Crippen LogP) is 6.48. The van der Waals surface area contributed by atoms with E-state index in [1.807, 2.05) is 43.3 Å². The number of rotatable bonds is 5. The van der Waals surface area contributed by atoms with Crippen molar-refractivity contribution in [1.29, 1.82) is 0 Å². The lowest BCUT2D eigenvalue weighted by Crippen LogP contribution is -2.10. The monoisotopic (exact) mass is 479 g/mol. The van der Waals surface area contributed by atoms with Crippen LogP contribution >= 0.6 is 15.9 Å². The number of fused-ring (bicyclic) bond motifs is 1. The molecule has 152 valence electrons. The molecule has 30 heavy (non-hydrogen) atoms. The molecule has 4 rings (SSSR count). The molecule has 0 amide bonds. The molecular weight excluding hydrogens is 458 g/mol. The highest BCUT2D eigenvalue weighted by molar-refractivity contribution is 9.10. The first kappa shape index (κ1) is 20.8. The predicted molar refractivity (Wildman–Crippen MR) is 128 cm³/mol. The van der Waals surface area contributed by atoms with Gasteiger partial charge < -0.3 is 0 Å². The smallest absolute Gasteiger partial charge is 0.148 e. The maximum absolute atomic E-state index is 11.9. The Morgan fingerprint density at radius 3 is 2.37 bits per heavy atom. The van der Waals surface area contributed by atoms with E-state index < -0.39 is 9.84 Å². The fraction of sp³-hybridized carbons (Fsp3) is 0.160. The molecule has 0 aliphatic rings. The van der Waals surface area contributed by atoms with Gasteiger partial charge in [0.15, 0.2) is 0 Å². The average Bonchev–Trinajstić information content (AvgIpc) is 2.72. The summed E-state index contributed by atoms with van der Waals surface area (Å²) in [6.07, 6.45) is 3.08. The van der Waals surface area contributed by atoms with E-state index in [1.54, 1.807) is 6.20 Å². The van der Waals surface area contributed by atoms with E-state index in [4.69, 9.17) is 0 Å². The fourth-order valence-corrected chi connectivity index (χ4v) is 5.64. The van der Waals surface area contributed by atoms with Gasteiger partial charge in [0.2, 0.25) is 0 Å². The summed E-state index contributed by atoms with van der Waals surface area (Å²) in [5.41, 5.74) is 6.16. The highest BCUT2D eigenvalue weighted by Gasteiger charge is 2.18. The number of benzene rings is 3. The number of hydrogen-bond donors (Lipinski definition) is 0. The molecule has 1 unspecified atom stereocenters. The molecule has 0 bridgehead atoms. The molecular formula is C25H22BrNO2S. The van der Waals surface area contributed by atoms with E-state index in [0.717, 1.165) is 43.2 Å². The topological polar surface area (TPSA) is 47.0 Å². The van der Waals surface area contributed by atoms with Crippen molar-refractivity contribution in [2.24, 2.45) is 0 Å². The van der Waals surface area contributed by atoms with Crippen LogP contribution in [0.3, 0.4) is 0 Å². The lowest BCUT2D eigenvalue weighted by molar-refractivity contribution is 0.596. The van der Waals surface area contributed by atoms with Gasteiger partial charge in [0.05, 0.1) is 11.3 Å². The van der Waals surface area contributed by atoms with Crippen LogP contribution in [0, 0.1) is 0 Å². The summed E-state index contributed by atoms with van der Waals surface area (Å²) in [5.74, 6) is 0.00289. The van der Waals surface area contributed by atoms with Crippen LogP contribution in [0.25, 0.3) is 33.2 Å². The minimum absolute atomic E-state index is 0.112. The maximum Gasteiger partial charge on any atom is 0.148 e. The normalized spacial score (nSPS) is 12.8. The van der Waals surface area contributed by atoms with Gasteiger partial charge in [-0.25, -0.2) is 8.42 Å². The van der Waals surface area contributed by atoms with Crippen LogP contribution in [-0.2, 0) is 9.84 Å². The Bertz CT molecular complexity index is 1320. The number of sulfone groups is 1. The van der Waals surface area contributed by atoms with Gasteiger partial charge in [-0.15, -0.1) is 0 Å². The van der Waals surface area contributed by atoms with E-state index >= 15 is 0 Å². The molecule has 4 aromatic rings. The van der Waals surface area contributed by atoms with E-state index in [1.165, 1.54) is 6.26 Å². The maximum atomic E-state index is 11.9. The van der Waals surface area contributed by atoms with E-state index in [2.05, 4.69) is 57.3 Å². The van der Waals surface area contributed by atoms with Crippen molar-refractivity contribution in [2.75, 3.05) is 12.0 Å². The Kier molecular flexibility index (Phi) is 5.76. The number of halogens is 1. The Labute approximate surface area is 185 Å². The van der Waals surface area contributed by atoms with Crippen LogP contribution in [0.5, 0.6) is 0 Å². The van der Waals surface area contributed by atoms with E-state index in [0.29, 0.717) is 0 Å². The van der Waals surface area contributed by atoms with Gasteiger partial charge in [-0.05, 0) is 62.3 Å². The van der Waals surface area contributed by atoms with Crippen molar-refractivity contribution < 1.29 is 8.42 Å². The zero-order chi connectivity index (χ0) is 21.3.